The van der Waals surface area contributed by atoms with Crippen LogP contribution in [0.15, 0.2) is 35.7 Å². The molecular formula is C22H23F6N7O4. The van der Waals surface area contributed by atoms with E-state index in [0.717, 1.165) is 6.20 Å². The Labute approximate surface area is 216 Å². The number of anilines is 2. The number of aliphatic hydroxyl groups excluding tert-OH is 1. The maximum atomic E-state index is 13.4. The molecule has 2 N–H and O–H groups in total. The van der Waals surface area contributed by atoms with Gasteiger partial charge in [0.15, 0.2) is 6.10 Å². The van der Waals surface area contributed by atoms with Gasteiger partial charge in [0.25, 0.3) is 11.5 Å². The normalized spacial score (nSPS) is 18.9. The minimum atomic E-state index is -4.92. The average Bonchev–Trinajstić information content (AvgIpc) is 2.85. The van der Waals surface area contributed by atoms with Gasteiger partial charge in [0.2, 0.25) is 5.95 Å². The highest BCUT2D eigenvalue weighted by molar-refractivity contribution is 5.81. The maximum absolute atomic E-state index is 13.4. The van der Waals surface area contributed by atoms with Crippen LogP contribution in [0.4, 0.5) is 38.0 Å². The lowest BCUT2D eigenvalue weighted by Gasteiger charge is -2.43. The van der Waals surface area contributed by atoms with Crippen molar-refractivity contribution in [3.8, 4) is 0 Å². The number of ether oxygens (including phenoxy) is 1. The van der Waals surface area contributed by atoms with Crippen LogP contribution in [0.5, 0.6) is 0 Å². The number of hydrogen-bond donors (Lipinski definition) is 2. The summed E-state index contributed by atoms with van der Waals surface area (Å²) in [4.78, 5) is 36.0. The van der Waals surface area contributed by atoms with Crippen molar-refractivity contribution in [2.75, 3.05) is 49.1 Å². The van der Waals surface area contributed by atoms with Gasteiger partial charge in [0, 0.05) is 45.1 Å². The van der Waals surface area contributed by atoms with Crippen LogP contribution in [0, 0.1) is 0 Å². The van der Waals surface area contributed by atoms with Crippen LogP contribution < -0.4 is 15.4 Å². The minimum absolute atomic E-state index is 0.00535. The first-order valence-electron chi connectivity index (χ1n) is 11.6. The van der Waals surface area contributed by atoms with Gasteiger partial charge in [0.05, 0.1) is 23.5 Å². The van der Waals surface area contributed by atoms with Gasteiger partial charge < -0.3 is 24.5 Å². The molecule has 4 rings (SSSR count). The van der Waals surface area contributed by atoms with E-state index in [-0.39, 0.29) is 44.4 Å². The molecule has 0 spiro atoms. The fourth-order valence-corrected chi connectivity index (χ4v) is 4.21. The zero-order chi connectivity index (χ0) is 28.5. The van der Waals surface area contributed by atoms with Crippen molar-refractivity contribution >= 4 is 17.5 Å². The summed E-state index contributed by atoms with van der Waals surface area (Å²) in [5.41, 5.74) is -4.20. The summed E-state index contributed by atoms with van der Waals surface area (Å²) in [6.07, 6.45) is -8.48. The average molecular weight is 563 g/mol. The predicted molar refractivity (Wildman–Crippen MR) is 123 cm³/mol. The molecule has 11 nitrogen and oxygen atoms in total. The van der Waals surface area contributed by atoms with Gasteiger partial charge in [-0.1, -0.05) is 6.58 Å². The SMILES string of the molecule is C=C(OCC(O)C(=O)N1CCN(c2ncc(C(F)(F)F)cn2)CC1)[C@@H]1CCN1c1cn[nH]c(=O)c1C(F)(F)F. The smallest absolute Gasteiger partial charge is 0.423 e. The number of amides is 1. The van der Waals surface area contributed by atoms with E-state index in [2.05, 4.69) is 21.6 Å². The standard InChI is InChI=1S/C22H23F6N7O4/c1-12(14-2-3-35(14)15-10-31-32-18(37)17(15)22(26,27)28)39-11-16(36)19(38)33-4-6-34(7-5-33)20-29-8-13(9-30-20)21(23,24)25/h8-10,14,16,36H,1-7,11H2,(H,32,37)/t14-,16?/m0/s1. The number of hydrogen-bond acceptors (Lipinski definition) is 9. The molecule has 1 unspecified atom stereocenters. The van der Waals surface area contributed by atoms with E-state index in [1.54, 1.807) is 10.00 Å². The third kappa shape index (κ3) is 6.07. The maximum Gasteiger partial charge on any atom is 0.423 e. The highest BCUT2D eigenvalue weighted by Crippen LogP contribution is 2.38. The number of aliphatic hydroxyl groups is 1. The first kappa shape index (κ1) is 28.1. The van der Waals surface area contributed by atoms with Crippen LogP contribution >= 0.6 is 0 Å². The van der Waals surface area contributed by atoms with Gasteiger partial charge in [-0.3, -0.25) is 9.59 Å². The van der Waals surface area contributed by atoms with E-state index in [1.807, 2.05) is 0 Å². The fraction of sp³-hybridized carbons (Fsp3) is 0.500. The predicted octanol–water partition coefficient (Wildman–Crippen LogP) is 1.42. The lowest BCUT2D eigenvalue weighted by Crippen LogP contribution is -2.53. The molecule has 0 bridgehead atoms. The van der Waals surface area contributed by atoms with Crippen molar-refractivity contribution in [3.63, 3.8) is 0 Å². The van der Waals surface area contributed by atoms with Crippen molar-refractivity contribution in [3.05, 3.63) is 52.4 Å². The molecule has 2 aliphatic rings. The summed E-state index contributed by atoms with van der Waals surface area (Å²) in [7, 11) is 0. The monoisotopic (exact) mass is 563 g/mol. The highest BCUT2D eigenvalue weighted by atomic mass is 19.4. The fourth-order valence-electron chi connectivity index (χ4n) is 4.21. The van der Waals surface area contributed by atoms with Crippen LogP contribution in [-0.4, -0.2) is 87.6 Å². The number of nitrogens with one attached hydrogen (secondary N) is 1. The summed E-state index contributed by atoms with van der Waals surface area (Å²) < 4.78 is 83.7. The Morgan fingerprint density at radius 1 is 1.08 bits per heavy atom. The Hall–Kier alpha value is -3.89. The molecule has 2 aliphatic heterocycles. The second-order valence-corrected chi connectivity index (χ2v) is 8.83. The van der Waals surface area contributed by atoms with Crippen molar-refractivity contribution in [2.45, 2.75) is 30.9 Å². The lowest BCUT2D eigenvalue weighted by molar-refractivity contribution is -0.143. The number of aromatic amines is 1. The number of alkyl halides is 6. The third-order valence-electron chi connectivity index (χ3n) is 6.37. The third-order valence-corrected chi connectivity index (χ3v) is 6.37. The Balaban J connectivity index is 1.28. The zero-order valence-corrected chi connectivity index (χ0v) is 20.2. The van der Waals surface area contributed by atoms with Gasteiger partial charge in [-0.25, -0.2) is 15.1 Å². The number of halogens is 6. The number of aromatic nitrogens is 4. The summed E-state index contributed by atoms with van der Waals surface area (Å²) in [5.74, 6) is -0.588. The second-order valence-electron chi connectivity index (χ2n) is 8.83. The molecule has 4 heterocycles. The quantitative estimate of drug-likeness (QED) is 0.380. The van der Waals surface area contributed by atoms with Crippen LogP contribution in [0.25, 0.3) is 0 Å². The summed E-state index contributed by atoms with van der Waals surface area (Å²) in [6.45, 7) is 4.04. The molecule has 0 radical (unpaired) electrons. The summed E-state index contributed by atoms with van der Waals surface area (Å²) in [6, 6.07) is -0.732. The summed E-state index contributed by atoms with van der Waals surface area (Å²) in [5, 5.41) is 15.5. The Kier molecular flexibility index (Phi) is 7.72. The van der Waals surface area contributed by atoms with E-state index in [4.69, 9.17) is 4.74 Å². The zero-order valence-electron chi connectivity index (χ0n) is 20.2. The molecule has 17 heteroatoms. The molecule has 1 amide bonds. The highest BCUT2D eigenvalue weighted by Gasteiger charge is 2.43. The van der Waals surface area contributed by atoms with Crippen molar-refractivity contribution in [2.24, 2.45) is 0 Å². The van der Waals surface area contributed by atoms with Crippen molar-refractivity contribution in [1.29, 1.82) is 0 Å². The molecule has 2 aromatic heterocycles. The lowest BCUT2D eigenvalue weighted by atomic mass is 9.99. The summed E-state index contributed by atoms with van der Waals surface area (Å²) >= 11 is 0. The van der Waals surface area contributed by atoms with Crippen LogP contribution in [0.3, 0.4) is 0 Å². The van der Waals surface area contributed by atoms with Gasteiger partial charge in [-0.2, -0.15) is 31.4 Å². The second kappa shape index (κ2) is 10.7. The van der Waals surface area contributed by atoms with Crippen molar-refractivity contribution in [1.82, 2.24) is 25.1 Å². The van der Waals surface area contributed by atoms with Gasteiger partial charge in [-0.05, 0) is 6.42 Å². The Morgan fingerprint density at radius 3 is 2.26 bits per heavy atom. The van der Waals surface area contributed by atoms with Crippen LogP contribution in [0.2, 0.25) is 0 Å². The number of piperazine rings is 1. The number of carbonyl (C=O) groups excluding carboxylic acids is 1. The van der Waals surface area contributed by atoms with Gasteiger partial charge in [0.1, 0.15) is 17.9 Å². The van der Waals surface area contributed by atoms with Crippen LogP contribution in [0.1, 0.15) is 17.5 Å². The first-order chi connectivity index (χ1) is 18.3. The van der Waals surface area contributed by atoms with E-state index in [9.17, 15) is 41.0 Å². The van der Waals surface area contributed by atoms with Crippen LogP contribution in [-0.2, 0) is 21.9 Å². The minimum Gasteiger partial charge on any atom is -0.493 e. The molecular weight excluding hydrogens is 540 g/mol. The number of rotatable bonds is 7. The van der Waals surface area contributed by atoms with Gasteiger partial charge in [-0.15, -0.1) is 0 Å². The van der Waals surface area contributed by atoms with E-state index in [0.29, 0.717) is 18.8 Å². The first-order valence-corrected chi connectivity index (χ1v) is 11.6. The molecule has 212 valence electrons. The number of carbonyl (C=O) groups is 1. The topological polar surface area (TPSA) is 128 Å². The number of H-pyrrole nitrogens is 1. The molecule has 2 atom stereocenters. The molecule has 2 aromatic rings. The van der Waals surface area contributed by atoms with E-state index < -0.39 is 59.4 Å². The van der Waals surface area contributed by atoms with Gasteiger partial charge >= 0.3 is 12.4 Å². The molecule has 39 heavy (non-hydrogen) atoms. The molecule has 0 saturated carbocycles. The van der Waals surface area contributed by atoms with E-state index >= 15 is 0 Å². The Morgan fingerprint density at radius 2 is 1.72 bits per heavy atom. The molecule has 2 saturated heterocycles. The molecule has 0 aromatic carbocycles. The number of nitrogens with zero attached hydrogens (tertiary/aromatic N) is 6. The Bertz CT molecular complexity index is 1260. The van der Waals surface area contributed by atoms with E-state index in [1.165, 1.54) is 9.80 Å². The molecule has 0 aliphatic carbocycles. The van der Waals surface area contributed by atoms with Crippen molar-refractivity contribution < 1.29 is 41.0 Å². The molecule has 2 fully saturated rings. The largest absolute Gasteiger partial charge is 0.493 e.